The highest BCUT2D eigenvalue weighted by Crippen LogP contribution is 2.37. The summed E-state index contributed by atoms with van der Waals surface area (Å²) < 4.78 is 13.0. The number of benzene rings is 1. The van der Waals surface area contributed by atoms with Crippen LogP contribution in [0.4, 0.5) is 4.39 Å². The van der Waals surface area contributed by atoms with Crippen molar-refractivity contribution >= 4 is 6.21 Å². The van der Waals surface area contributed by atoms with Crippen LogP contribution in [0.5, 0.6) is 0 Å². The maximum Gasteiger partial charge on any atom is 0.234 e. The van der Waals surface area contributed by atoms with Gasteiger partial charge < -0.3 is 15.1 Å². The van der Waals surface area contributed by atoms with Gasteiger partial charge in [0.25, 0.3) is 0 Å². The number of allylic oxidation sites excluding steroid dienone is 1. The molecule has 1 saturated carbocycles. The van der Waals surface area contributed by atoms with Crippen LogP contribution in [0.1, 0.15) is 31.0 Å². The molecule has 0 spiro atoms. The Morgan fingerprint density at radius 1 is 1.16 bits per heavy atom. The molecule has 19 heavy (non-hydrogen) atoms. The Kier molecular flexibility index (Phi) is 2.89. The van der Waals surface area contributed by atoms with E-state index in [1.165, 1.54) is 18.3 Å². The Morgan fingerprint density at radius 2 is 1.84 bits per heavy atom. The smallest absolute Gasteiger partial charge is 0.234 e. The third-order valence-electron chi connectivity index (χ3n) is 3.71. The van der Waals surface area contributed by atoms with Crippen LogP contribution in [-0.4, -0.2) is 27.4 Å². The number of aliphatic imine (C=N–C) groups is 1. The second kappa shape index (κ2) is 4.57. The van der Waals surface area contributed by atoms with Crippen molar-refractivity contribution in [3.05, 3.63) is 47.3 Å². The Morgan fingerprint density at radius 3 is 2.42 bits per heavy atom. The zero-order chi connectivity index (χ0) is 13.4. The van der Waals surface area contributed by atoms with Crippen LogP contribution < -0.4 is 0 Å². The molecule has 0 saturated heterocycles. The van der Waals surface area contributed by atoms with Crippen LogP contribution in [-0.2, 0) is 0 Å². The average molecular weight is 262 g/mol. The van der Waals surface area contributed by atoms with E-state index in [0.717, 1.165) is 24.8 Å². The van der Waals surface area contributed by atoms with Crippen LogP contribution in [0.25, 0.3) is 0 Å². The van der Waals surface area contributed by atoms with E-state index in [9.17, 15) is 14.6 Å². The second-order valence-corrected chi connectivity index (χ2v) is 4.90. The highest BCUT2D eigenvalue weighted by atomic mass is 19.1. The van der Waals surface area contributed by atoms with Crippen molar-refractivity contribution in [3.63, 3.8) is 0 Å². The molecule has 1 heterocycles. The molecule has 0 aromatic heterocycles. The summed E-state index contributed by atoms with van der Waals surface area (Å²) in [5.41, 5.74) is 0.795. The third-order valence-corrected chi connectivity index (χ3v) is 3.71. The van der Waals surface area contributed by atoms with Crippen molar-refractivity contribution < 1.29 is 14.6 Å². The van der Waals surface area contributed by atoms with E-state index in [-0.39, 0.29) is 23.5 Å². The van der Waals surface area contributed by atoms with Crippen molar-refractivity contribution in [2.24, 2.45) is 4.99 Å². The second-order valence-electron chi connectivity index (χ2n) is 4.90. The Bertz CT molecular complexity index is 535. The third kappa shape index (κ3) is 2.05. The minimum Gasteiger partial charge on any atom is -0.502 e. The first-order valence-corrected chi connectivity index (χ1v) is 6.36. The molecule has 1 unspecified atom stereocenters. The summed E-state index contributed by atoms with van der Waals surface area (Å²) in [6.45, 7) is 0. The Balaban J connectivity index is 1.95. The van der Waals surface area contributed by atoms with Gasteiger partial charge in [-0.25, -0.2) is 4.39 Å². The molecule has 4 nitrogen and oxygen atoms in total. The van der Waals surface area contributed by atoms with Gasteiger partial charge in [0.15, 0.2) is 5.76 Å². The molecular formula is C14H15FN2O2. The van der Waals surface area contributed by atoms with Gasteiger partial charge in [0, 0.05) is 6.04 Å². The van der Waals surface area contributed by atoms with E-state index in [1.807, 2.05) is 0 Å². The van der Waals surface area contributed by atoms with Gasteiger partial charge in [-0.2, -0.15) is 0 Å². The number of hydrogen-bond donors (Lipinski definition) is 2. The molecule has 5 heteroatoms. The molecule has 0 amide bonds. The van der Waals surface area contributed by atoms with Gasteiger partial charge in [0.05, 0.1) is 6.21 Å². The number of nitrogens with zero attached hydrogens (tertiary/aromatic N) is 2. The SMILES string of the molecule is OC1=C(O)N(C2CCC2)C(c2ccc(F)cc2)N=C1. The van der Waals surface area contributed by atoms with Gasteiger partial charge in [0.2, 0.25) is 5.88 Å². The van der Waals surface area contributed by atoms with Gasteiger partial charge in [-0.3, -0.25) is 4.99 Å². The minimum atomic E-state index is -0.401. The predicted molar refractivity (Wildman–Crippen MR) is 69.4 cm³/mol. The van der Waals surface area contributed by atoms with Crippen molar-refractivity contribution in [1.82, 2.24) is 4.90 Å². The average Bonchev–Trinajstić information content (AvgIpc) is 2.34. The highest BCUT2D eigenvalue weighted by molar-refractivity contribution is 5.77. The lowest BCUT2D eigenvalue weighted by Gasteiger charge is -2.42. The van der Waals surface area contributed by atoms with Crippen LogP contribution in [0.2, 0.25) is 0 Å². The number of aliphatic hydroxyl groups excluding tert-OH is 2. The molecule has 1 aliphatic heterocycles. The summed E-state index contributed by atoms with van der Waals surface area (Å²) >= 11 is 0. The van der Waals surface area contributed by atoms with Crippen LogP contribution in [0.3, 0.4) is 0 Å². The van der Waals surface area contributed by atoms with Gasteiger partial charge in [-0.15, -0.1) is 0 Å². The first-order valence-electron chi connectivity index (χ1n) is 6.36. The largest absolute Gasteiger partial charge is 0.502 e. The zero-order valence-electron chi connectivity index (χ0n) is 10.3. The lowest BCUT2D eigenvalue weighted by atomic mass is 9.90. The van der Waals surface area contributed by atoms with E-state index in [1.54, 1.807) is 17.0 Å². The molecule has 100 valence electrons. The monoisotopic (exact) mass is 262 g/mol. The van der Waals surface area contributed by atoms with Gasteiger partial charge in [-0.05, 0) is 37.0 Å². The van der Waals surface area contributed by atoms with E-state index in [2.05, 4.69) is 4.99 Å². The molecule has 1 aromatic carbocycles. The number of aliphatic hydroxyl groups is 2. The molecule has 1 aromatic rings. The van der Waals surface area contributed by atoms with Gasteiger partial charge in [0.1, 0.15) is 12.0 Å². The molecule has 2 N–H and O–H groups in total. The number of rotatable bonds is 2. The first-order chi connectivity index (χ1) is 9.16. The molecule has 0 radical (unpaired) electrons. The number of halogens is 1. The van der Waals surface area contributed by atoms with Crippen molar-refractivity contribution in [2.75, 3.05) is 0 Å². The van der Waals surface area contributed by atoms with E-state index >= 15 is 0 Å². The maximum atomic E-state index is 13.0. The van der Waals surface area contributed by atoms with E-state index < -0.39 is 6.17 Å². The molecule has 1 atom stereocenters. The predicted octanol–water partition coefficient (Wildman–Crippen LogP) is 3.05. The first kappa shape index (κ1) is 12.0. The topological polar surface area (TPSA) is 56.1 Å². The minimum absolute atomic E-state index is 0.144. The fourth-order valence-corrected chi connectivity index (χ4v) is 2.44. The standard InChI is InChI=1S/C14H15FN2O2/c15-10-6-4-9(5-7-10)13-16-8-12(18)14(19)17(13)11-2-1-3-11/h4-8,11,13,18-19H,1-3H2. The summed E-state index contributed by atoms with van der Waals surface area (Å²) in [6.07, 6.45) is 3.88. The molecule has 0 bridgehead atoms. The van der Waals surface area contributed by atoms with Crippen molar-refractivity contribution in [3.8, 4) is 0 Å². The molecule has 2 aliphatic rings. The zero-order valence-corrected chi connectivity index (χ0v) is 10.3. The Labute approximate surface area is 110 Å². The molecular weight excluding hydrogens is 247 g/mol. The number of hydrogen-bond acceptors (Lipinski definition) is 4. The van der Waals surface area contributed by atoms with Gasteiger partial charge >= 0.3 is 0 Å². The normalized spacial score (nSPS) is 23.6. The van der Waals surface area contributed by atoms with Gasteiger partial charge in [-0.1, -0.05) is 12.1 Å². The summed E-state index contributed by atoms with van der Waals surface area (Å²) in [5.74, 6) is -0.666. The fourth-order valence-electron chi connectivity index (χ4n) is 2.44. The summed E-state index contributed by atoms with van der Waals surface area (Å²) in [6, 6.07) is 6.23. The van der Waals surface area contributed by atoms with E-state index in [4.69, 9.17) is 0 Å². The summed E-state index contributed by atoms with van der Waals surface area (Å²) in [5, 5.41) is 19.7. The van der Waals surface area contributed by atoms with Crippen molar-refractivity contribution in [2.45, 2.75) is 31.5 Å². The van der Waals surface area contributed by atoms with Crippen LogP contribution >= 0.6 is 0 Å². The molecule has 1 fully saturated rings. The summed E-state index contributed by atoms with van der Waals surface area (Å²) in [4.78, 5) is 5.97. The lowest BCUT2D eigenvalue weighted by Crippen LogP contribution is -2.43. The molecule has 1 aliphatic carbocycles. The quantitative estimate of drug-likeness (QED) is 0.861. The van der Waals surface area contributed by atoms with Crippen molar-refractivity contribution in [1.29, 1.82) is 0 Å². The Hall–Kier alpha value is -2.04. The van der Waals surface area contributed by atoms with Crippen LogP contribution in [0.15, 0.2) is 40.9 Å². The fraction of sp³-hybridized carbons (Fsp3) is 0.357. The highest BCUT2D eigenvalue weighted by Gasteiger charge is 2.36. The van der Waals surface area contributed by atoms with Crippen LogP contribution in [0, 0.1) is 5.82 Å². The molecule has 3 rings (SSSR count). The lowest BCUT2D eigenvalue weighted by molar-refractivity contribution is 0.0513. The maximum absolute atomic E-state index is 13.0. The summed E-state index contributed by atoms with van der Waals surface area (Å²) in [7, 11) is 0. The van der Waals surface area contributed by atoms with E-state index in [0.29, 0.717) is 0 Å².